The molecule has 0 radical (unpaired) electrons. The number of hydrogen-bond donors (Lipinski definition) is 1. The van der Waals surface area contributed by atoms with Crippen molar-refractivity contribution < 1.29 is 6.48 Å². The summed E-state index contributed by atoms with van der Waals surface area (Å²) >= 11 is 0. The van der Waals surface area contributed by atoms with E-state index in [1.165, 1.54) is 6.92 Å². The standard InChI is InChI=1S/C9H12O/c1-8(10)7-9-5-3-2-4-6-9/h2-6,8,10H,7H2,1H3/t8-/m0/s1/i8D. The number of aliphatic hydroxyl groups is 1. The Labute approximate surface area is 62.7 Å². The van der Waals surface area contributed by atoms with Crippen LogP contribution in [0.3, 0.4) is 0 Å². The Hall–Kier alpha value is -0.820. The highest BCUT2D eigenvalue weighted by atomic mass is 16.3. The monoisotopic (exact) mass is 137 g/mol. The van der Waals surface area contributed by atoms with Crippen molar-refractivity contribution in [2.75, 3.05) is 0 Å². The predicted molar refractivity (Wildman–Crippen MR) is 41.8 cm³/mol. The first-order chi connectivity index (χ1) is 5.08. The van der Waals surface area contributed by atoms with Gasteiger partial charge in [0.05, 0.1) is 7.45 Å². The summed E-state index contributed by atoms with van der Waals surface area (Å²) in [5, 5.41) is 9.14. The molecule has 1 rings (SSSR count). The molecular formula is C9H12O. The Balaban J connectivity index is 2.66. The van der Waals surface area contributed by atoms with Gasteiger partial charge in [-0.25, -0.2) is 0 Å². The van der Waals surface area contributed by atoms with E-state index >= 15 is 0 Å². The molecular weight excluding hydrogens is 124 g/mol. The van der Waals surface area contributed by atoms with E-state index in [9.17, 15) is 0 Å². The van der Waals surface area contributed by atoms with Crippen molar-refractivity contribution in [1.29, 1.82) is 0 Å². The molecule has 0 spiro atoms. The van der Waals surface area contributed by atoms with Crippen LogP contribution < -0.4 is 0 Å². The SMILES string of the molecule is [2H][C@@](C)(O)Cc1ccccc1. The third-order valence-electron chi connectivity index (χ3n) is 1.30. The van der Waals surface area contributed by atoms with Gasteiger partial charge in [0.25, 0.3) is 0 Å². The zero-order valence-corrected chi connectivity index (χ0v) is 6.04. The highest BCUT2D eigenvalue weighted by Crippen LogP contribution is 2.01. The summed E-state index contributed by atoms with van der Waals surface area (Å²) in [6.07, 6.45) is -0.963. The van der Waals surface area contributed by atoms with Crippen LogP contribution in [0.5, 0.6) is 0 Å². The number of hydrogen-bond acceptors (Lipinski definition) is 1. The third kappa shape index (κ3) is 2.19. The van der Waals surface area contributed by atoms with Crippen molar-refractivity contribution >= 4 is 0 Å². The fourth-order valence-electron chi connectivity index (χ4n) is 0.891. The van der Waals surface area contributed by atoms with Gasteiger partial charge in [-0.1, -0.05) is 30.3 Å². The molecule has 0 unspecified atom stereocenters. The second kappa shape index (κ2) is 3.37. The summed E-state index contributed by atoms with van der Waals surface area (Å²) in [4.78, 5) is 0. The lowest BCUT2D eigenvalue weighted by atomic mass is 10.1. The zero-order chi connectivity index (χ0) is 8.32. The van der Waals surface area contributed by atoms with Gasteiger partial charge in [0.2, 0.25) is 0 Å². The number of benzene rings is 1. The lowest BCUT2D eigenvalue weighted by molar-refractivity contribution is 0.195. The Morgan fingerprint density at radius 1 is 1.50 bits per heavy atom. The lowest BCUT2D eigenvalue weighted by Gasteiger charge is -2.01. The van der Waals surface area contributed by atoms with Crippen LogP contribution >= 0.6 is 0 Å². The first-order valence-corrected chi connectivity index (χ1v) is 3.34. The van der Waals surface area contributed by atoms with Crippen LogP contribution in [0.1, 0.15) is 13.9 Å². The van der Waals surface area contributed by atoms with Gasteiger partial charge in [-0.05, 0) is 18.9 Å². The molecule has 0 amide bonds. The molecule has 0 saturated carbocycles. The van der Waals surface area contributed by atoms with E-state index in [0.717, 1.165) is 5.56 Å². The Bertz CT molecular complexity index is 213. The van der Waals surface area contributed by atoms with Crippen LogP contribution in [-0.4, -0.2) is 11.2 Å². The van der Waals surface area contributed by atoms with Gasteiger partial charge in [-0.3, -0.25) is 0 Å². The van der Waals surface area contributed by atoms with Gasteiger partial charge in [0.1, 0.15) is 0 Å². The molecule has 10 heavy (non-hydrogen) atoms. The Kier molecular flexibility index (Phi) is 2.00. The summed E-state index contributed by atoms with van der Waals surface area (Å²) in [5.41, 5.74) is 0.993. The van der Waals surface area contributed by atoms with Gasteiger partial charge in [0.15, 0.2) is 0 Å². The maximum absolute atomic E-state index is 9.14. The van der Waals surface area contributed by atoms with Crippen molar-refractivity contribution in [3.05, 3.63) is 35.9 Å². The smallest absolute Gasteiger partial charge is 0.0601 e. The van der Waals surface area contributed by atoms with Crippen molar-refractivity contribution in [1.82, 2.24) is 0 Å². The molecule has 54 valence electrons. The fourth-order valence-corrected chi connectivity index (χ4v) is 0.891. The van der Waals surface area contributed by atoms with E-state index < -0.39 is 6.08 Å². The number of rotatable bonds is 2. The van der Waals surface area contributed by atoms with Crippen molar-refractivity contribution in [2.45, 2.75) is 19.4 Å². The highest BCUT2D eigenvalue weighted by molar-refractivity contribution is 5.15. The minimum Gasteiger partial charge on any atom is -0.393 e. The maximum Gasteiger partial charge on any atom is 0.0601 e. The van der Waals surface area contributed by atoms with Crippen LogP contribution in [-0.2, 0) is 6.42 Å². The van der Waals surface area contributed by atoms with Gasteiger partial charge < -0.3 is 5.11 Å². The average Bonchev–Trinajstić information content (AvgIpc) is 1.85. The minimum absolute atomic E-state index is 0.383. The molecule has 0 aromatic heterocycles. The van der Waals surface area contributed by atoms with Crippen LogP contribution in [0, 0.1) is 0 Å². The second-order valence-electron chi connectivity index (χ2n) is 2.40. The molecule has 0 heterocycles. The molecule has 1 aromatic rings. The van der Waals surface area contributed by atoms with Crippen LogP contribution in [0.25, 0.3) is 0 Å². The summed E-state index contributed by atoms with van der Waals surface area (Å²) in [5.74, 6) is 0. The molecule has 0 aliphatic rings. The molecule has 1 nitrogen and oxygen atoms in total. The maximum atomic E-state index is 9.14. The first-order valence-electron chi connectivity index (χ1n) is 3.84. The Morgan fingerprint density at radius 2 is 2.10 bits per heavy atom. The zero-order valence-electron chi connectivity index (χ0n) is 7.04. The molecule has 1 N–H and O–H groups in total. The van der Waals surface area contributed by atoms with Crippen molar-refractivity contribution in [2.24, 2.45) is 0 Å². The largest absolute Gasteiger partial charge is 0.393 e. The molecule has 0 bridgehead atoms. The molecule has 1 atom stereocenters. The van der Waals surface area contributed by atoms with E-state index in [-0.39, 0.29) is 0 Å². The van der Waals surface area contributed by atoms with Gasteiger partial charge in [-0.15, -0.1) is 0 Å². The minimum atomic E-state index is -1.35. The second-order valence-corrected chi connectivity index (χ2v) is 2.40. The molecule has 0 fully saturated rings. The Morgan fingerprint density at radius 3 is 2.60 bits per heavy atom. The molecule has 0 aliphatic carbocycles. The first kappa shape index (κ1) is 5.93. The van der Waals surface area contributed by atoms with Gasteiger partial charge in [0, 0.05) is 0 Å². The van der Waals surface area contributed by atoms with Gasteiger partial charge >= 0.3 is 0 Å². The predicted octanol–water partition coefficient (Wildman–Crippen LogP) is 1.61. The van der Waals surface area contributed by atoms with Crippen molar-refractivity contribution in [3.8, 4) is 0 Å². The average molecular weight is 137 g/mol. The van der Waals surface area contributed by atoms with Crippen LogP contribution in [0.4, 0.5) is 0 Å². The topological polar surface area (TPSA) is 20.2 Å². The molecule has 1 aromatic carbocycles. The van der Waals surface area contributed by atoms with E-state index in [4.69, 9.17) is 6.48 Å². The van der Waals surface area contributed by atoms with E-state index in [1.54, 1.807) is 0 Å². The van der Waals surface area contributed by atoms with Crippen molar-refractivity contribution in [3.63, 3.8) is 0 Å². The molecule has 0 saturated heterocycles. The molecule has 0 aliphatic heterocycles. The normalized spacial score (nSPS) is 17.6. The van der Waals surface area contributed by atoms with E-state index in [0.29, 0.717) is 6.42 Å². The summed E-state index contributed by atoms with van der Waals surface area (Å²) < 4.78 is 7.22. The van der Waals surface area contributed by atoms with E-state index in [1.807, 2.05) is 30.3 Å². The fraction of sp³-hybridized carbons (Fsp3) is 0.333. The molecule has 1 heteroatoms. The third-order valence-corrected chi connectivity index (χ3v) is 1.30. The van der Waals surface area contributed by atoms with Crippen LogP contribution in [0.15, 0.2) is 30.3 Å². The van der Waals surface area contributed by atoms with Crippen LogP contribution in [0.2, 0.25) is 0 Å². The quantitative estimate of drug-likeness (QED) is 0.656. The lowest BCUT2D eigenvalue weighted by Crippen LogP contribution is -2.03. The summed E-state index contributed by atoms with van der Waals surface area (Å²) in [6, 6.07) is 9.54. The van der Waals surface area contributed by atoms with E-state index in [2.05, 4.69) is 0 Å². The van der Waals surface area contributed by atoms with Gasteiger partial charge in [-0.2, -0.15) is 0 Å². The summed E-state index contributed by atoms with van der Waals surface area (Å²) in [7, 11) is 0. The summed E-state index contributed by atoms with van der Waals surface area (Å²) in [6.45, 7) is 1.49. The highest BCUT2D eigenvalue weighted by Gasteiger charge is 1.95.